The number of benzene rings is 1. The minimum Gasteiger partial charge on any atom is -0.497 e. The van der Waals surface area contributed by atoms with Crippen molar-refractivity contribution in [3.05, 3.63) is 76.3 Å². The number of aromatic nitrogens is 3. The summed E-state index contributed by atoms with van der Waals surface area (Å²) in [6.07, 6.45) is 3.70. The number of H-pyrrole nitrogens is 1. The number of hydrogen-bond donors (Lipinski definition) is 1. The largest absolute Gasteiger partial charge is 0.497 e. The van der Waals surface area contributed by atoms with E-state index in [9.17, 15) is 4.79 Å². The molecule has 1 fully saturated rings. The third kappa shape index (κ3) is 4.28. The second kappa shape index (κ2) is 8.35. The van der Waals surface area contributed by atoms with Crippen molar-refractivity contribution >= 4 is 0 Å². The first-order chi connectivity index (χ1) is 13.7. The molecule has 4 rings (SSSR count). The maximum Gasteiger partial charge on any atom is 0.251 e. The number of piperidine rings is 1. The number of likely N-dealkylation sites (tertiary alicyclic amines) is 1. The van der Waals surface area contributed by atoms with Crippen molar-refractivity contribution in [3.8, 4) is 17.3 Å². The molecule has 1 aliphatic rings. The zero-order chi connectivity index (χ0) is 19.3. The second-order valence-electron chi connectivity index (χ2n) is 7.13. The first-order valence-corrected chi connectivity index (χ1v) is 9.59. The summed E-state index contributed by atoms with van der Waals surface area (Å²) in [5.74, 6) is 1.73. The molecule has 1 N–H and O–H groups in total. The number of hydrogen-bond acceptors (Lipinski definition) is 5. The monoisotopic (exact) mass is 376 g/mol. The highest BCUT2D eigenvalue weighted by Crippen LogP contribution is 2.27. The minimum absolute atomic E-state index is 0.119. The molecule has 1 aromatic carbocycles. The topological polar surface area (TPSA) is 71.1 Å². The molecule has 0 amide bonds. The van der Waals surface area contributed by atoms with Gasteiger partial charge in [0.1, 0.15) is 11.4 Å². The number of nitrogens with one attached hydrogen (secondary N) is 1. The van der Waals surface area contributed by atoms with Gasteiger partial charge in [-0.25, -0.2) is 4.98 Å². The van der Waals surface area contributed by atoms with Crippen LogP contribution in [-0.2, 0) is 6.54 Å². The Kier molecular flexibility index (Phi) is 5.48. The molecule has 0 bridgehead atoms. The molecule has 28 heavy (non-hydrogen) atoms. The average molecular weight is 376 g/mol. The van der Waals surface area contributed by atoms with Crippen molar-refractivity contribution in [1.82, 2.24) is 19.9 Å². The van der Waals surface area contributed by atoms with E-state index in [0.29, 0.717) is 17.4 Å². The smallest absolute Gasteiger partial charge is 0.251 e. The van der Waals surface area contributed by atoms with E-state index in [1.807, 2.05) is 30.3 Å². The lowest BCUT2D eigenvalue weighted by Crippen LogP contribution is -2.33. The number of ether oxygens (including phenoxy) is 1. The molecular formula is C22H24N4O2. The Morgan fingerprint density at radius 1 is 1.14 bits per heavy atom. The number of aromatic amines is 1. The highest BCUT2D eigenvalue weighted by molar-refractivity contribution is 5.48. The summed E-state index contributed by atoms with van der Waals surface area (Å²) >= 11 is 0. The van der Waals surface area contributed by atoms with Gasteiger partial charge in [0.15, 0.2) is 5.82 Å². The number of pyridine rings is 1. The lowest BCUT2D eigenvalue weighted by Gasteiger charge is -2.31. The van der Waals surface area contributed by atoms with Crippen LogP contribution in [0.2, 0.25) is 0 Å². The third-order valence-electron chi connectivity index (χ3n) is 5.24. The highest BCUT2D eigenvalue weighted by atomic mass is 16.5. The maximum atomic E-state index is 12.1. The van der Waals surface area contributed by atoms with Gasteiger partial charge in [0.2, 0.25) is 0 Å². The Labute approximate surface area is 164 Å². The van der Waals surface area contributed by atoms with E-state index in [4.69, 9.17) is 9.72 Å². The van der Waals surface area contributed by atoms with Crippen LogP contribution in [0.4, 0.5) is 0 Å². The fourth-order valence-corrected chi connectivity index (χ4v) is 3.69. The summed E-state index contributed by atoms with van der Waals surface area (Å²) in [5.41, 5.74) is 2.73. The van der Waals surface area contributed by atoms with Gasteiger partial charge >= 0.3 is 0 Å². The third-order valence-corrected chi connectivity index (χ3v) is 5.24. The van der Waals surface area contributed by atoms with Gasteiger partial charge in [0, 0.05) is 24.7 Å². The predicted molar refractivity (Wildman–Crippen MR) is 108 cm³/mol. The molecule has 6 heteroatoms. The molecule has 0 spiro atoms. The lowest BCUT2D eigenvalue weighted by atomic mass is 9.93. The molecule has 0 saturated carbocycles. The maximum absolute atomic E-state index is 12.1. The van der Waals surface area contributed by atoms with Gasteiger partial charge in [-0.1, -0.05) is 18.2 Å². The summed E-state index contributed by atoms with van der Waals surface area (Å²) < 4.78 is 5.22. The van der Waals surface area contributed by atoms with Crippen molar-refractivity contribution in [2.24, 2.45) is 0 Å². The van der Waals surface area contributed by atoms with Crippen LogP contribution in [0.5, 0.6) is 5.75 Å². The van der Waals surface area contributed by atoms with Gasteiger partial charge in [-0.3, -0.25) is 14.7 Å². The minimum atomic E-state index is -0.119. The zero-order valence-electron chi connectivity index (χ0n) is 16.0. The van der Waals surface area contributed by atoms with E-state index in [-0.39, 0.29) is 5.56 Å². The standard InChI is InChI=1S/C22H24N4O2/c1-28-18-7-5-16(6-8-18)15-26-12-9-17(10-13-26)20-14-21(27)25-22(24-20)19-4-2-3-11-23-19/h2-8,11,14,17H,9-10,12-13,15H2,1H3,(H,24,25,27). The fraction of sp³-hybridized carbons (Fsp3) is 0.318. The molecule has 6 nitrogen and oxygen atoms in total. The van der Waals surface area contributed by atoms with Gasteiger partial charge in [0.25, 0.3) is 5.56 Å². The van der Waals surface area contributed by atoms with Crippen LogP contribution >= 0.6 is 0 Å². The zero-order valence-corrected chi connectivity index (χ0v) is 16.0. The quantitative estimate of drug-likeness (QED) is 0.740. The van der Waals surface area contributed by atoms with E-state index in [2.05, 4.69) is 27.0 Å². The number of nitrogens with zero attached hydrogens (tertiary/aromatic N) is 3. The highest BCUT2D eigenvalue weighted by Gasteiger charge is 2.22. The summed E-state index contributed by atoms with van der Waals surface area (Å²) in [4.78, 5) is 26.4. The Morgan fingerprint density at radius 3 is 2.61 bits per heavy atom. The SMILES string of the molecule is COc1ccc(CN2CCC(c3cc(=O)[nH]c(-c4ccccn4)n3)CC2)cc1. The number of methoxy groups -OCH3 is 1. The Bertz CT molecular complexity index is 962. The molecule has 0 aliphatic carbocycles. The molecule has 144 valence electrons. The van der Waals surface area contributed by atoms with E-state index < -0.39 is 0 Å². The van der Waals surface area contributed by atoms with Crippen molar-refractivity contribution in [3.63, 3.8) is 0 Å². The Hall–Kier alpha value is -2.99. The summed E-state index contributed by atoms with van der Waals surface area (Å²) in [5, 5.41) is 0. The molecular weight excluding hydrogens is 352 g/mol. The second-order valence-corrected chi connectivity index (χ2v) is 7.13. The van der Waals surface area contributed by atoms with Crippen LogP contribution in [0.1, 0.15) is 30.0 Å². The summed E-state index contributed by atoms with van der Waals surface area (Å²) in [7, 11) is 1.68. The molecule has 0 atom stereocenters. The predicted octanol–water partition coefficient (Wildman–Crippen LogP) is 3.22. The van der Waals surface area contributed by atoms with E-state index in [1.54, 1.807) is 19.4 Å². The van der Waals surface area contributed by atoms with Crippen LogP contribution in [0, 0.1) is 0 Å². The number of rotatable bonds is 5. The average Bonchev–Trinajstić information content (AvgIpc) is 2.75. The molecule has 1 aliphatic heterocycles. The van der Waals surface area contributed by atoms with Gasteiger partial charge in [-0.05, 0) is 55.8 Å². The van der Waals surface area contributed by atoms with E-state index in [0.717, 1.165) is 43.9 Å². The normalized spacial score (nSPS) is 15.5. The Morgan fingerprint density at radius 2 is 1.93 bits per heavy atom. The fourth-order valence-electron chi connectivity index (χ4n) is 3.69. The van der Waals surface area contributed by atoms with Gasteiger partial charge in [0.05, 0.1) is 12.8 Å². The Balaban J connectivity index is 1.42. The van der Waals surface area contributed by atoms with Gasteiger partial charge < -0.3 is 9.72 Å². The first-order valence-electron chi connectivity index (χ1n) is 9.59. The van der Waals surface area contributed by atoms with Crippen LogP contribution in [0.25, 0.3) is 11.5 Å². The van der Waals surface area contributed by atoms with Crippen molar-refractivity contribution in [2.75, 3.05) is 20.2 Å². The van der Waals surface area contributed by atoms with Crippen molar-refractivity contribution < 1.29 is 4.74 Å². The molecule has 3 heterocycles. The lowest BCUT2D eigenvalue weighted by molar-refractivity contribution is 0.203. The summed E-state index contributed by atoms with van der Waals surface area (Å²) in [6, 6.07) is 15.5. The molecule has 3 aromatic rings. The van der Waals surface area contributed by atoms with Crippen molar-refractivity contribution in [2.45, 2.75) is 25.3 Å². The van der Waals surface area contributed by atoms with Crippen LogP contribution < -0.4 is 10.3 Å². The molecule has 0 radical (unpaired) electrons. The van der Waals surface area contributed by atoms with Crippen LogP contribution in [-0.4, -0.2) is 40.1 Å². The van der Waals surface area contributed by atoms with Crippen LogP contribution in [0.3, 0.4) is 0 Å². The molecule has 0 unspecified atom stereocenters. The molecule has 2 aromatic heterocycles. The van der Waals surface area contributed by atoms with Crippen molar-refractivity contribution in [1.29, 1.82) is 0 Å². The van der Waals surface area contributed by atoms with Gasteiger partial charge in [-0.15, -0.1) is 0 Å². The molecule has 1 saturated heterocycles. The van der Waals surface area contributed by atoms with E-state index >= 15 is 0 Å². The van der Waals surface area contributed by atoms with E-state index in [1.165, 1.54) is 5.56 Å². The van der Waals surface area contributed by atoms with Gasteiger partial charge in [-0.2, -0.15) is 0 Å². The van der Waals surface area contributed by atoms with Crippen LogP contribution in [0.15, 0.2) is 59.5 Å². The first kappa shape index (κ1) is 18.4. The summed E-state index contributed by atoms with van der Waals surface area (Å²) in [6.45, 7) is 2.91.